The van der Waals surface area contributed by atoms with Gasteiger partial charge in [0.05, 0.1) is 18.3 Å². The fraction of sp³-hybridized carbons (Fsp3) is 0.438. The Morgan fingerprint density at radius 1 is 1.48 bits per heavy atom. The van der Waals surface area contributed by atoms with Crippen LogP contribution in [0, 0.1) is 5.92 Å². The number of nitrogens with one attached hydrogen (secondary N) is 2. The molecule has 0 bridgehead atoms. The van der Waals surface area contributed by atoms with Crippen molar-refractivity contribution in [3.05, 3.63) is 41.9 Å². The quantitative estimate of drug-likeness (QED) is 0.768. The molecule has 2 aromatic rings. The van der Waals surface area contributed by atoms with E-state index in [9.17, 15) is 9.90 Å². The summed E-state index contributed by atoms with van der Waals surface area (Å²) in [6, 6.07) is 3.25. The van der Waals surface area contributed by atoms with E-state index in [1.807, 2.05) is 13.2 Å². The standard InChI is InChI=1S/C16H21N5O2/c1-17-14-7-10(3-4-18-14)16(23)20-15(11-5-13(22)6-11)12-8-19-21(2)9-12/h3-4,7-9,11,13,15,22H,5-6H2,1-2H3,(H,17,18)(H,20,23)/t11?,13?,15-/m1/s1. The lowest BCUT2D eigenvalue weighted by Gasteiger charge is -2.37. The minimum Gasteiger partial charge on any atom is -0.393 e. The van der Waals surface area contributed by atoms with E-state index in [1.165, 1.54) is 0 Å². The van der Waals surface area contributed by atoms with Crippen molar-refractivity contribution in [2.45, 2.75) is 25.0 Å². The van der Waals surface area contributed by atoms with Crippen molar-refractivity contribution in [2.75, 3.05) is 12.4 Å². The van der Waals surface area contributed by atoms with Crippen LogP contribution in [0.1, 0.15) is 34.8 Å². The number of nitrogens with zero attached hydrogens (tertiary/aromatic N) is 3. The Morgan fingerprint density at radius 3 is 2.87 bits per heavy atom. The van der Waals surface area contributed by atoms with E-state index >= 15 is 0 Å². The highest BCUT2D eigenvalue weighted by Gasteiger charge is 2.36. The van der Waals surface area contributed by atoms with Crippen molar-refractivity contribution in [1.29, 1.82) is 0 Å². The molecular formula is C16H21N5O2. The number of hydrogen-bond acceptors (Lipinski definition) is 5. The van der Waals surface area contributed by atoms with Crippen LogP contribution < -0.4 is 10.6 Å². The van der Waals surface area contributed by atoms with Gasteiger partial charge >= 0.3 is 0 Å². The largest absolute Gasteiger partial charge is 0.393 e. The average molecular weight is 315 g/mol. The topological polar surface area (TPSA) is 92.1 Å². The summed E-state index contributed by atoms with van der Waals surface area (Å²) in [5.41, 5.74) is 1.51. The Morgan fingerprint density at radius 2 is 2.26 bits per heavy atom. The Kier molecular flexibility index (Phi) is 4.29. The summed E-state index contributed by atoms with van der Waals surface area (Å²) in [5, 5.41) is 19.8. The van der Waals surface area contributed by atoms with E-state index in [1.54, 1.807) is 36.3 Å². The molecule has 2 aromatic heterocycles. The average Bonchev–Trinajstić information content (AvgIpc) is 2.96. The molecule has 7 heteroatoms. The normalized spacial score (nSPS) is 21.3. The summed E-state index contributed by atoms with van der Waals surface area (Å²) in [6.45, 7) is 0. The number of anilines is 1. The van der Waals surface area contributed by atoms with Crippen LogP contribution in [0.25, 0.3) is 0 Å². The second-order valence-corrected chi connectivity index (χ2v) is 5.96. The molecule has 0 saturated heterocycles. The highest BCUT2D eigenvalue weighted by atomic mass is 16.3. The van der Waals surface area contributed by atoms with E-state index in [-0.39, 0.29) is 24.0 Å². The van der Waals surface area contributed by atoms with Gasteiger partial charge in [-0.05, 0) is 30.9 Å². The number of amides is 1. The lowest BCUT2D eigenvalue weighted by molar-refractivity contribution is 0.0235. The number of carbonyl (C=O) groups excluding carboxylic acids is 1. The van der Waals surface area contributed by atoms with E-state index in [0.29, 0.717) is 24.2 Å². The van der Waals surface area contributed by atoms with Crippen molar-refractivity contribution in [3.63, 3.8) is 0 Å². The molecule has 0 spiro atoms. The van der Waals surface area contributed by atoms with Gasteiger partial charge < -0.3 is 15.7 Å². The number of aryl methyl sites for hydroxylation is 1. The van der Waals surface area contributed by atoms with Crippen molar-refractivity contribution < 1.29 is 9.90 Å². The summed E-state index contributed by atoms with van der Waals surface area (Å²) in [5.74, 6) is 0.720. The lowest BCUT2D eigenvalue weighted by Crippen LogP contribution is -2.41. The summed E-state index contributed by atoms with van der Waals surface area (Å²) >= 11 is 0. The number of aliphatic hydroxyl groups is 1. The van der Waals surface area contributed by atoms with Crippen LogP contribution in [0.2, 0.25) is 0 Å². The number of pyridine rings is 1. The van der Waals surface area contributed by atoms with Crippen LogP contribution in [0.4, 0.5) is 5.82 Å². The molecule has 3 rings (SSSR count). The summed E-state index contributed by atoms with van der Waals surface area (Å²) < 4.78 is 1.72. The summed E-state index contributed by atoms with van der Waals surface area (Å²) in [6.07, 6.45) is 6.39. The fourth-order valence-corrected chi connectivity index (χ4v) is 2.91. The highest BCUT2D eigenvalue weighted by Crippen LogP contribution is 2.38. The molecule has 1 fully saturated rings. The number of aliphatic hydroxyl groups excluding tert-OH is 1. The van der Waals surface area contributed by atoms with Crippen LogP contribution in [0.15, 0.2) is 30.7 Å². The zero-order valence-corrected chi connectivity index (χ0v) is 13.2. The van der Waals surface area contributed by atoms with Gasteiger partial charge in [-0.3, -0.25) is 9.48 Å². The van der Waals surface area contributed by atoms with E-state index in [4.69, 9.17) is 0 Å². The van der Waals surface area contributed by atoms with E-state index in [2.05, 4.69) is 20.7 Å². The molecule has 1 aliphatic carbocycles. The van der Waals surface area contributed by atoms with Gasteiger partial charge in [0, 0.05) is 37.6 Å². The molecule has 2 heterocycles. The second-order valence-electron chi connectivity index (χ2n) is 5.96. The second kappa shape index (κ2) is 6.37. The first kappa shape index (κ1) is 15.5. The first-order chi connectivity index (χ1) is 11.1. The van der Waals surface area contributed by atoms with Gasteiger partial charge in [-0.2, -0.15) is 5.10 Å². The van der Waals surface area contributed by atoms with E-state index in [0.717, 1.165) is 5.56 Å². The fourth-order valence-electron chi connectivity index (χ4n) is 2.91. The zero-order valence-electron chi connectivity index (χ0n) is 13.2. The first-order valence-electron chi connectivity index (χ1n) is 7.68. The minimum absolute atomic E-state index is 0.147. The third-order valence-electron chi connectivity index (χ3n) is 4.27. The smallest absolute Gasteiger partial charge is 0.251 e. The molecule has 7 nitrogen and oxygen atoms in total. The number of rotatable bonds is 5. The van der Waals surface area contributed by atoms with Crippen molar-refractivity contribution in [2.24, 2.45) is 13.0 Å². The first-order valence-corrected chi connectivity index (χ1v) is 7.68. The summed E-state index contributed by atoms with van der Waals surface area (Å²) in [4.78, 5) is 16.7. The van der Waals surface area contributed by atoms with Crippen molar-refractivity contribution >= 4 is 11.7 Å². The van der Waals surface area contributed by atoms with Crippen LogP contribution in [-0.4, -0.2) is 38.9 Å². The SMILES string of the molecule is CNc1cc(C(=O)N[C@@H](c2cnn(C)c2)C2CC(O)C2)ccn1. The molecular weight excluding hydrogens is 294 g/mol. The highest BCUT2D eigenvalue weighted by molar-refractivity contribution is 5.95. The Bertz CT molecular complexity index is 693. The molecule has 1 atom stereocenters. The van der Waals surface area contributed by atoms with Crippen molar-refractivity contribution in [1.82, 2.24) is 20.1 Å². The maximum absolute atomic E-state index is 12.6. The predicted molar refractivity (Wildman–Crippen MR) is 85.9 cm³/mol. The minimum atomic E-state index is -0.270. The molecule has 0 aliphatic heterocycles. The van der Waals surface area contributed by atoms with Crippen LogP contribution in [-0.2, 0) is 7.05 Å². The van der Waals surface area contributed by atoms with Gasteiger partial charge in [0.1, 0.15) is 5.82 Å². The maximum atomic E-state index is 12.6. The van der Waals surface area contributed by atoms with Gasteiger partial charge in [0.2, 0.25) is 0 Å². The molecule has 3 N–H and O–H groups in total. The number of hydrogen-bond donors (Lipinski definition) is 3. The molecule has 1 amide bonds. The van der Waals surface area contributed by atoms with Crippen LogP contribution >= 0.6 is 0 Å². The van der Waals surface area contributed by atoms with Crippen molar-refractivity contribution in [3.8, 4) is 0 Å². The third-order valence-corrected chi connectivity index (χ3v) is 4.27. The molecule has 0 unspecified atom stereocenters. The zero-order chi connectivity index (χ0) is 16.4. The number of carbonyl (C=O) groups is 1. The molecule has 1 saturated carbocycles. The molecule has 0 aromatic carbocycles. The molecule has 122 valence electrons. The van der Waals surface area contributed by atoms with Gasteiger partial charge in [0.15, 0.2) is 0 Å². The molecule has 0 radical (unpaired) electrons. The lowest BCUT2D eigenvalue weighted by atomic mass is 9.75. The molecule has 1 aliphatic rings. The van der Waals surface area contributed by atoms with Crippen LogP contribution in [0.3, 0.4) is 0 Å². The van der Waals surface area contributed by atoms with Gasteiger partial charge in [-0.25, -0.2) is 4.98 Å². The van der Waals surface area contributed by atoms with Gasteiger partial charge in [-0.15, -0.1) is 0 Å². The van der Waals surface area contributed by atoms with Gasteiger partial charge in [0.25, 0.3) is 5.91 Å². The Hall–Kier alpha value is -2.41. The maximum Gasteiger partial charge on any atom is 0.251 e. The van der Waals surface area contributed by atoms with Gasteiger partial charge in [-0.1, -0.05) is 0 Å². The summed E-state index contributed by atoms with van der Waals surface area (Å²) in [7, 11) is 3.61. The van der Waals surface area contributed by atoms with E-state index < -0.39 is 0 Å². The van der Waals surface area contributed by atoms with Crippen LogP contribution in [0.5, 0.6) is 0 Å². The Balaban J connectivity index is 1.78. The predicted octanol–water partition coefficient (Wildman–Crippen LogP) is 1.10. The number of aromatic nitrogens is 3. The monoisotopic (exact) mass is 315 g/mol. The third kappa shape index (κ3) is 3.34. The Labute approximate surface area is 134 Å². The molecule has 23 heavy (non-hydrogen) atoms.